The highest BCUT2D eigenvalue weighted by atomic mass is 16.2. The van der Waals surface area contributed by atoms with Crippen molar-refractivity contribution in [2.75, 3.05) is 6.54 Å². The maximum atomic E-state index is 11.5. The van der Waals surface area contributed by atoms with Crippen molar-refractivity contribution < 1.29 is 4.79 Å². The molecule has 74 valence electrons. The fraction of sp³-hybridized carbons (Fsp3) is 0.400. The monoisotopic (exact) mass is 191 g/mol. The lowest BCUT2D eigenvalue weighted by Gasteiger charge is -2.13. The zero-order chi connectivity index (χ0) is 9.97. The van der Waals surface area contributed by atoms with E-state index in [1.165, 1.54) is 0 Å². The Morgan fingerprint density at radius 2 is 2.64 bits per heavy atom. The van der Waals surface area contributed by atoms with Gasteiger partial charge in [-0.05, 0) is 0 Å². The normalized spacial score (nSPS) is 21.6. The molecule has 2 rings (SSSR count). The molecule has 0 saturated carbocycles. The van der Waals surface area contributed by atoms with Crippen LogP contribution in [0.3, 0.4) is 0 Å². The third kappa shape index (κ3) is 1.69. The number of H-pyrrole nitrogens is 1. The van der Waals surface area contributed by atoms with Gasteiger partial charge in [0, 0.05) is 31.3 Å². The van der Waals surface area contributed by atoms with Crippen LogP contribution >= 0.6 is 0 Å². The summed E-state index contributed by atoms with van der Waals surface area (Å²) >= 11 is 0. The Morgan fingerprint density at radius 1 is 1.79 bits per heavy atom. The molecule has 1 aliphatic heterocycles. The van der Waals surface area contributed by atoms with E-state index >= 15 is 0 Å². The number of amides is 1. The minimum atomic E-state index is 0.186. The fourth-order valence-corrected chi connectivity index (χ4v) is 1.68. The van der Waals surface area contributed by atoms with Gasteiger partial charge in [0.15, 0.2) is 0 Å². The van der Waals surface area contributed by atoms with Crippen molar-refractivity contribution in [3.63, 3.8) is 0 Å². The van der Waals surface area contributed by atoms with Crippen LogP contribution in [0, 0.1) is 5.92 Å². The number of aromatic nitrogens is 2. The third-order valence-electron chi connectivity index (χ3n) is 2.47. The second kappa shape index (κ2) is 3.65. The van der Waals surface area contributed by atoms with E-state index in [0.717, 1.165) is 12.4 Å². The first-order valence-electron chi connectivity index (χ1n) is 4.68. The van der Waals surface area contributed by atoms with Gasteiger partial charge in [0.1, 0.15) is 5.82 Å². The number of aromatic amines is 1. The maximum Gasteiger partial charge on any atom is 0.223 e. The topological polar surface area (TPSA) is 49.0 Å². The number of nitrogens with zero attached hydrogens (tertiary/aromatic N) is 2. The Labute approximate surface area is 82.6 Å². The highest BCUT2D eigenvalue weighted by molar-refractivity contribution is 5.78. The highest BCUT2D eigenvalue weighted by Gasteiger charge is 2.27. The molecule has 1 saturated heterocycles. The molecule has 0 aromatic carbocycles. The molecule has 1 N–H and O–H groups in total. The van der Waals surface area contributed by atoms with E-state index in [9.17, 15) is 4.79 Å². The number of likely N-dealkylation sites (tertiary alicyclic amines) is 1. The number of nitrogens with one attached hydrogen (secondary N) is 1. The Balaban J connectivity index is 1.99. The SMILES string of the molecule is C=CC1CC(=O)N(Cc2ncc[nH]2)C1. The molecule has 1 atom stereocenters. The predicted octanol–water partition coefficient (Wildman–Crippen LogP) is 0.944. The number of hydrogen-bond acceptors (Lipinski definition) is 2. The lowest BCUT2D eigenvalue weighted by Crippen LogP contribution is -2.25. The van der Waals surface area contributed by atoms with E-state index in [0.29, 0.717) is 18.9 Å². The van der Waals surface area contributed by atoms with Crippen LogP contribution in [0.5, 0.6) is 0 Å². The molecule has 0 bridgehead atoms. The number of imidazole rings is 1. The molecule has 0 spiro atoms. The maximum absolute atomic E-state index is 11.5. The predicted molar refractivity (Wildman–Crippen MR) is 52.3 cm³/mol. The molecule has 14 heavy (non-hydrogen) atoms. The Kier molecular flexibility index (Phi) is 2.35. The molecule has 0 radical (unpaired) electrons. The molecule has 4 nitrogen and oxygen atoms in total. The van der Waals surface area contributed by atoms with Crippen molar-refractivity contribution in [1.82, 2.24) is 14.9 Å². The summed E-state index contributed by atoms with van der Waals surface area (Å²) in [4.78, 5) is 20.4. The first kappa shape index (κ1) is 8.99. The third-order valence-corrected chi connectivity index (χ3v) is 2.47. The molecule has 1 aromatic heterocycles. The smallest absolute Gasteiger partial charge is 0.223 e. The molecule has 1 aliphatic rings. The van der Waals surface area contributed by atoms with Crippen LogP contribution in [-0.4, -0.2) is 27.3 Å². The average Bonchev–Trinajstić information content (AvgIpc) is 2.78. The van der Waals surface area contributed by atoms with Crippen LogP contribution in [0.2, 0.25) is 0 Å². The van der Waals surface area contributed by atoms with Gasteiger partial charge in [-0.3, -0.25) is 4.79 Å². The molecule has 1 aromatic rings. The molecular weight excluding hydrogens is 178 g/mol. The van der Waals surface area contributed by atoms with E-state index in [1.54, 1.807) is 12.4 Å². The molecule has 2 heterocycles. The van der Waals surface area contributed by atoms with E-state index < -0.39 is 0 Å². The van der Waals surface area contributed by atoms with Crippen LogP contribution in [-0.2, 0) is 11.3 Å². The molecular formula is C10H13N3O. The first-order valence-corrected chi connectivity index (χ1v) is 4.68. The molecule has 1 amide bonds. The summed E-state index contributed by atoms with van der Waals surface area (Å²) in [5, 5.41) is 0. The number of carbonyl (C=O) groups is 1. The zero-order valence-electron chi connectivity index (χ0n) is 7.94. The molecule has 1 unspecified atom stereocenters. The van der Waals surface area contributed by atoms with Gasteiger partial charge in [-0.25, -0.2) is 4.98 Å². The molecule has 4 heteroatoms. The Morgan fingerprint density at radius 3 is 3.21 bits per heavy atom. The Hall–Kier alpha value is -1.58. The van der Waals surface area contributed by atoms with Crippen molar-refractivity contribution in [2.24, 2.45) is 5.92 Å². The van der Waals surface area contributed by atoms with Gasteiger partial charge < -0.3 is 9.88 Å². The van der Waals surface area contributed by atoms with Crippen LogP contribution in [0.25, 0.3) is 0 Å². The lowest BCUT2D eigenvalue weighted by molar-refractivity contribution is -0.128. The molecule has 0 aliphatic carbocycles. The summed E-state index contributed by atoms with van der Waals surface area (Å²) in [5.74, 6) is 1.33. The zero-order valence-corrected chi connectivity index (χ0v) is 7.94. The van der Waals surface area contributed by atoms with Gasteiger partial charge in [0.2, 0.25) is 5.91 Å². The second-order valence-electron chi connectivity index (χ2n) is 3.51. The number of rotatable bonds is 3. The van der Waals surface area contributed by atoms with E-state index in [1.807, 2.05) is 11.0 Å². The first-order chi connectivity index (χ1) is 6.79. The largest absolute Gasteiger partial charge is 0.347 e. The van der Waals surface area contributed by atoms with E-state index in [-0.39, 0.29) is 5.91 Å². The standard InChI is InChI=1S/C10H13N3O/c1-2-8-5-10(14)13(6-8)7-9-11-3-4-12-9/h2-4,8H,1,5-7H2,(H,11,12). The summed E-state index contributed by atoms with van der Waals surface area (Å²) in [6.45, 7) is 5.05. The highest BCUT2D eigenvalue weighted by Crippen LogP contribution is 2.19. The van der Waals surface area contributed by atoms with E-state index in [4.69, 9.17) is 0 Å². The van der Waals surface area contributed by atoms with Crippen LogP contribution in [0.4, 0.5) is 0 Å². The number of hydrogen-bond donors (Lipinski definition) is 1. The van der Waals surface area contributed by atoms with Crippen molar-refractivity contribution >= 4 is 5.91 Å². The summed E-state index contributed by atoms with van der Waals surface area (Å²) in [6.07, 6.45) is 5.89. The van der Waals surface area contributed by atoms with Crippen LogP contribution in [0.1, 0.15) is 12.2 Å². The number of carbonyl (C=O) groups excluding carboxylic acids is 1. The van der Waals surface area contributed by atoms with Crippen molar-refractivity contribution in [3.8, 4) is 0 Å². The van der Waals surface area contributed by atoms with Gasteiger partial charge in [-0.1, -0.05) is 6.08 Å². The van der Waals surface area contributed by atoms with Crippen LogP contribution < -0.4 is 0 Å². The Bertz CT molecular complexity index is 331. The minimum absolute atomic E-state index is 0.186. The summed E-state index contributed by atoms with van der Waals surface area (Å²) < 4.78 is 0. The summed E-state index contributed by atoms with van der Waals surface area (Å²) in [6, 6.07) is 0. The van der Waals surface area contributed by atoms with Gasteiger partial charge in [-0.2, -0.15) is 0 Å². The van der Waals surface area contributed by atoms with Crippen molar-refractivity contribution in [2.45, 2.75) is 13.0 Å². The van der Waals surface area contributed by atoms with Crippen molar-refractivity contribution in [3.05, 3.63) is 30.9 Å². The minimum Gasteiger partial charge on any atom is -0.347 e. The van der Waals surface area contributed by atoms with Crippen molar-refractivity contribution in [1.29, 1.82) is 0 Å². The van der Waals surface area contributed by atoms with Gasteiger partial charge in [0.05, 0.1) is 6.54 Å². The second-order valence-corrected chi connectivity index (χ2v) is 3.51. The summed E-state index contributed by atoms with van der Waals surface area (Å²) in [5.41, 5.74) is 0. The average molecular weight is 191 g/mol. The van der Waals surface area contributed by atoms with E-state index in [2.05, 4.69) is 16.5 Å². The fourth-order valence-electron chi connectivity index (χ4n) is 1.68. The van der Waals surface area contributed by atoms with Crippen LogP contribution in [0.15, 0.2) is 25.0 Å². The van der Waals surface area contributed by atoms with Gasteiger partial charge in [0.25, 0.3) is 0 Å². The quantitative estimate of drug-likeness (QED) is 0.723. The molecule has 1 fully saturated rings. The summed E-state index contributed by atoms with van der Waals surface area (Å²) in [7, 11) is 0. The van der Waals surface area contributed by atoms with Gasteiger partial charge in [-0.15, -0.1) is 6.58 Å². The van der Waals surface area contributed by atoms with Gasteiger partial charge >= 0.3 is 0 Å². The lowest BCUT2D eigenvalue weighted by atomic mass is 10.1.